The van der Waals surface area contributed by atoms with Crippen molar-refractivity contribution < 1.29 is 4.74 Å². The molecule has 0 aliphatic carbocycles. The van der Waals surface area contributed by atoms with E-state index in [2.05, 4.69) is 5.32 Å². The van der Waals surface area contributed by atoms with Crippen molar-refractivity contribution in [3.8, 4) is 0 Å². The molecule has 1 saturated heterocycles. The van der Waals surface area contributed by atoms with E-state index in [0.29, 0.717) is 6.67 Å². The Hall–Kier alpha value is -0.120. The van der Waals surface area contributed by atoms with Crippen LogP contribution in [-0.2, 0) is 4.74 Å². The van der Waals surface area contributed by atoms with Crippen molar-refractivity contribution >= 4 is 0 Å². The van der Waals surface area contributed by atoms with Gasteiger partial charge in [0, 0.05) is 19.9 Å². The van der Waals surface area contributed by atoms with Crippen molar-refractivity contribution in [2.24, 2.45) is 11.7 Å². The summed E-state index contributed by atoms with van der Waals surface area (Å²) in [5.41, 5.74) is 5.30. The van der Waals surface area contributed by atoms with E-state index in [1.54, 1.807) is 0 Å². The van der Waals surface area contributed by atoms with Crippen LogP contribution in [0.2, 0.25) is 0 Å². The molecule has 0 unspecified atom stereocenters. The van der Waals surface area contributed by atoms with Gasteiger partial charge in [-0.3, -0.25) is 0 Å². The normalized spacial score (nSPS) is 21.3. The largest absolute Gasteiger partial charge is 0.381 e. The molecule has 0 atom stereocenters. The van der Waals surface area contributed by atoms with Crippen LogP contribution >= 0.6 is 0 Å². The molecule has 1 aliphatic rings. The van der Waals surface area contributed by atoms with E-state index in [0.717, 1.165) is 25.7 Å². The van der Waals surface area contributed by atoms with Crippen molar-refractivity contribution in [3.63, 3.8) is 0 Å². The Balaban J connectivity index is 2.02. The fourth-order valence-electron chi connectivity index (χ4n) is 1.24. The van der Waals surface area contributed by atoms with Crippen molar-refractivity contribution in [3.05, 3.63) is 0 Å². The van der Waals surface area contributed by atoms with Gasteiger partial charge >= 0.3 is 0 Å². The zero-order valence-electron chi connectivity index (χ0n) is 6.31. The maximum absolute atomic E-state index is 5.30. The summed E-state index contributed by atoms with van der Waals surface area (Å²) >= 11 is 0. The van der Waals surface area contributed by atoms with Crippen molar-refractivity contribution in [2.45, 2.75) is 12.8 Å². The molecule has 3 heteroatoms. The number of rotatable bonds is 3. The molecule has 0 spiro atoms. The lowest BCUT2D eigenvalue weighted by atomic mass is 10.0. The summed E-state index contributed by atoms with van der Waals surface area (Å²) in [6, 6.07) is 0. The van der Waals surface area contributed by atoms with Crippen LogP contribution in [0.3, 0.4) is 0 Å². The predicted molar refractivity (Wildman–Crippen MR) is 40.6 cm³/mol. The van der Waals surface area contributed by atoms with E-state index in [4.69, 9.17) is 10.5 Å². The maximum Gasteiger partial charge on any atom is 0.0469 e. The second kappa shape index (κ2) is 4.66. The molecule has 0 aromatic heterocycles. The molecule has 1 fully saturated rings. The molecule has 0 aromatic rings. The van der Waals surface area contributed by atoms with Crippen molar-refractivity contribution in [1.82, 2.24) is 5.32 Å². The highest BCUT2D eigenvalue weighted by molar-refractivity contribution is 4.64. The molecule has 0 saturated carbocycles. The first-order valence-electron chi connectivity index (χ1n) is 3.92. The van der Waals surface area contributed by atoms with Crippen LogP contribution in [0.4, 0.5) is 0 Å². The van der Waals surface area contributed by atoms with Gasteiger partial charge in [-0.25, -0.2) is 0 Å². The Morgan fingerprint density at radius 3 is 2.70 bits per heavy atom. The van der Waals surface area contributed by atoms with Crippen molar-refractivity contribution in [2.75, 3.05) is 26.4 Å². The van der Waals surface area contributed by atoms with Gasteiger partial charge in [0.15, 0.2) is 0 Å². The summed E-state index contributed by atoms with van der Waals surface area (Å²) in [5, 5.41) is 3.14. The average molecular weight is 144 g/mol. The first kappa shape index (κ1) is 7.98. The predicted octanol–water partition coefficient (Wildman–Crippen LogP) is -0.0812. The van der Waals surface area contributed by atoms with Crippen LogP contribution in [0.15, 0.2) is 0 Å². The van der Waals surface area contributed by atoms with Gasteiger partial charge in [-0.15, -0.1) is 0 Å². The summed E-state index contributed by atoms with van der Waals surface area (Å²) in [6.45, 7) is 3.51. The van der Waals surface area contributed by atoms with Gasteiger partial charge in [0.05, 0.1) is 0 Å². The Morgan fingerprint density at radius 1 is 1.40 bits per heavy atom. The van der Waals surface area contributed by atoms with Gasteiger partial charge in [-0.1, -0.05) is 0 Å². The third-order valence-electron chi connectivity index (χ3n) is 1.92. The van der Waals surface area contributed by atoms with Crippen LogP contribution in [0, 0.1) is 5.92 Å². The minimum absolute atomic E-state index is 0.595. The van der Waals surface area contributed by atoms with Crippen molar-refractivity contribution in [1.29, 1.82) is 0 Å². The highest BCUT2D eigenvalue weighted by Crippen LogP contribution is 2.12. The van der Waals surface area contributed by atoms with Gasteiger partial charge in [-0.05, 0) is 25.3 Å². The quantitative estimate of drug-likeness (QED) is 0.545. The summed E-state index contributed by atoms with van der Waals surface area (Å²) in [7, 11) is 0. The molecular formula is C7H16N2O. The Kier molecular flexibility index (Phi) is 3.72. The highest BCUT2D eigenvalue weighted by atomic mass is 16.5. The highest BCUT2D eigenvalue weighted by Gasteiger charge is 2.11. The monoisotopic (exact) mass is 144 g/mol. The number of ether oxygens (including phenoxy) is 1. The standard InChI is InChI=1S/C7H16N2O/c8-6-9-5-7-1-3-10-4-2-7/h7,9H,1-6,8H2. The molecule has 0 radical (unpaired) electrons. The van der Waals surface area contributed by atoms with E-state index in [9.17, 15) is 0 Å². The Bertz CT molecular complexity index is 81.7. The van der Waals surface area contributed by atoms with E-state index >= 15 is 0 Å². The molecule has 0 aromatic carbocycles. The van der Waals surface area contributed by atoms with Gasteiger partial charge < -0.3 is 15.8 Å². The molecule has 3 N–H and O–H groups in total. The topological polar surface area (TPSA) is 47.3 Å². The van der Waals surface area contributed by atoms with Gasteiger partial charge in [-0.2, -0.15) is 0 Å². The molecule has 1 aliphatic heterocycles. The van der Waals surface area contributed by atoms with E-state index < -0.39 is 0 Å². The fourth-order valence-corrected chi connectivity index (χ4v) is 1.24. The second-order valence-corrected chi connectivity index (χ2v) is 2.71. The SMILES string of the molecule is NCNCC1CCOCC1. The van der Waals surface area contributed by atoms with E-state index in [1.165, 1.54) is 12.8 Å². The van der Waals surface area contributed by atoms with Crippen LogP contribution in [0.5, 0.6) is 0 Å². The van der Waals surface area contributed by atoms with Crippen LogP contribution < -0.4 is 11.1 Å². The molecule has 1 rings (SSSR count). The molecule has 60 valence electrons. The Labute approximate surface area is 61.9 Å². The molecule has 10 heavy (non-hydrogen) atoms. The minimum Gasteiger partial charge on any atom is -0.381 e. The number of hydrogen-bond acceptors (Lipinski definition) is 3. The third-order valence-corrected chi connectivity index (χ3v) is 1.92. The molecule has 0 amide bonds. The lowest BCUT2D eigenvalue weighted by Crippen LogP contribution is -2.31. The van der Waals surface area contributed by atoms with E-state index in [1.807, 2.05) is 0 Å². The summed E-state index contributed by atoms with van der Waals surface area (Å²) in [6.07, 6.45) is 2.38. The second-order valence-electron chi connectivity index (χ2n) is 2.71. The van der Waals surface area contributed by atoms with Crippen LogP contribution in [-0.4, -0.2) is 26.4 Å². The lowest BCUT2D eigenvalue weighted by Gasteiger charge is -2.21. The Morgan fingerprint density at radius 2 is 2.10 bits per heavy atom. The molecule has 3 nitrogen and oxygen atoms in total. The summed E-state index contributed by atoms with van der Waals surface area (Å²) < 4.78 is 5.22. The van der Waals surface area contributed by atoms with Crippen LogP contribution in [0.25, 0.3) is 0 Å². The summed E-state index contributed by atoms with van der Waals surface area (Å²) in [5.74, 6) is 0.789. The smallest absolute Gasteiger partial charge is 0.0469 e. The zero-order chi connectivity index (χ0) is 7.23. The van der Waals surface area contributed by atoms with E-state index in [-0.39, 0.29) is 0 Å². The first-order chi connectivity index (χ1) is 4.93. The third kappa shape index (κ3) is 2.64. The van der Waals surface area contributed by atoms with Gasteiger partial charge in [0.1, 0.15) is 0 Å². The molecular weight excluding hydrogens is 128 g/mol. The fraction of sp³-hybridized carbons (Fsp3) is 1.00. The van der Waals surface area contributed by atoms with Gasteiger partial charge in [0.2, 0.25) is 0 Å². The lowest BCUT2D eigenvalue weighted by molar-refractivity contribution is 0.0664. The maximum atomic E-state index is 5.30. The first-order valence-corrected chi connectivity index (χ1v) is 3.92. The summed E-state index contributed by atoms with van der Waals surface area (Å²) in [4.78, 5) is 0. The average Bonchev–Trinajstić information content (AvgIpc) is 2.03. The van der Waals surface area contributed by atoms with Gasteiger partial charge in [0.25, 0.3) is 0 Å². The molecule has 1 heterocycles. The number of nitrogens with one attached hydrogen (secondary N) is 1. The molecule has 0 bridgehead atoms. The van der Waals surface area contributed by atoms with Crippen LogP contribution in [0.1, 0.15) is 12.8 Å². The number of hydrogen-bond donors (Lipinski definition) is 2. The minimum atomic E-state index is 0.595. The zero-order valence-corrected chi connectivity index (χ0v) is 6.31. The number of nitrogens with two attached hydrogens (primary N) is 1.